The van der Waals surface area contributed by atoms with E-state index in [9.17, 15) is 0 Å². The largest absolute Gasteiger partial charge is 0.280 e. The van der Waals surface area contributed by atoms with Crippen LogP contribution in [-0.4, -0.2) is 131 Å². The summed E-state index contributed by atoms with van der Waals surface area (Å²) in [6.45, 7) is 48.9. The first-order chi connectivity index (χ1) is 40.8. The van der Waals surface area contributed by atoms with Crippen molar-refractivity contribution in [3.63, 3.8) is 0 Å². The summed E-state index contributed by atoms with van der Waals surface area (Å²) in [4.78, 5) is 4.01. The lowest BCUT2D eigenvalue weighted by Crippen LogP contribution is -2.37. The fraction of sp³-hybridized carbons (Fsp3) is 0.557. The van der Waals surface area contributed by atoms with Crippen molar-refractivity contribution in [3.8, 4) is 0 Å². The monoisotopic (exact) mass is 1190 g/mol. The maximum Gasteiger partial charge on any atom is 0.280 e. The highest BCUT2D eigenvalue weighted by Gasteiger charge is 2.36. The first kappa shape index (κ1) is 83.0. The van der Waals surface area contributed by atoms with Gasteiger partial charge in [-0.15, -0.1) is 14.0 Å². The van der Waals surface area contributed by atoms with E-state index in [4.69, 9.17) is 0 Å². The van der Waals surface area contributed by atoms with Crippen molar-refractivity contribution >= 4 is 57.7 Å². The Labute approximate surface area is 525 Å². The highest BCUT2D eigenvalue weighted by molar-refractivity contribution is 5.97. The van der Waals surface area contributed by atoms with Gasteiger partial charge >= 0.3 is 0 Å². The summed E-state index contributed by atoms with van der Waals surface area (Å²) < 4.78 is 22.7. The molecule has 16 heteroatoms. The van der Waals surface area contributed by atoms with E-state index in [1.807, 2.05) is 192 Å². The molecular formula is C70H126N16+8. The number of hydrazone groups is 1. The molecule has 0 N–H and O–H groups in total. The standard InChI is InChI=1S/C10H13N2.2C10H12N.2C6H12N3.C6H11N2.2C5H9N2.6C2H6/c1-8-9-6-4-5-7-10(9)12(3)11(8)2;1-8-10-6-4-3-5-9(10)7-11(8)2;1-8-7-9-5-3-4-6-10(9)11(8)2;1-5-7-9(4)6(2)8(5)3;1-5-6(2,3)7-8-9(5)4;1-6-7(2)4-5-8(6)3;1-5-3-6-4-7(5)2;1-5-3-4-6-7(5)2;6*1-2/h4-7H,1-3H3;2*3-6H,7H2,1-2H3;2*1-4H3;4-5H,1-3H3;2*4H,3H2,1-2H3;6*1-2H3/q8*+1;;;;;;. The van der Waals surface area contributed by atoms with Crippen molar-refractivity contribution in [2.24, 2.45) is 62.7 Å². The van der Waals surface area contributed by atoms with Gasteiger partial charge in [0.15, 0.2) is 50.0 Å². The molecule has 16 nitrogen and oxygen atoms in total. The van der Waals surface area contributed by atoms with Gasteiger partial charge in [-0.3, -0.25) is 0 Å². The van der Waals surface area contributed by atoms with Crippen LogP contribution in [0.4, 0.5) is 5.69 Å². The minimum Gasteiger partial charge on any atom is -0.237 e. The Bertz CT molecular complexity index is 3010. The van der Waals surface area contributed by atoms with Crippen LogP contribution >= 0.6 is 0 Å². The SMILES string of the molecule is CC.CC.CC.CC.CC.CC.CC1=[N+](C)C=NC1.CC1=[N+](C)Cc2ccccc21.CC1=[N+](C)N=CC1.CC1=[N+](C)N=NC1(C)C.CC1=[N+](C)c2ccccc2C1.Cc1c2ccccc2[n+](C)n1C.Cc1n(C)cc[n+]1C.Cc1nn(C)c(C)[n+]1C. The molecule has 0 unspecified atom stereocenters. The van der Waals surface area contributed by atoms with Gasteiger partial charge in [0.05, 0.1) is 78.0 Å². The third kappa shape index (κ3) is 25.8. The molecule has 478 valence electrons. The van der Waals surface area contributed by atoms with Gasteiger partial charge in [-0.25, -0.2) is 27.4 Å². The minimum atomic E-state index is -0.0747. The highest BCUT2D eigenvalue weighted by Crippen LogP contribution is 2.24. The number of nitrogens with zero attached hydrogens (tertiary/aromatic N) is 16. The van der Waals surface area contributed by atoms with Crippen LogP contribution in [-0.2, 0) is 55.3 Å². The molecule has 5 aliphatic heterocycles. The summed E-state index contributed by atoms with van der Waals surface area (Å²) >= 11 is 0. The van der Waals surface area contributed by atoms with Gasteiger partial charge in [0, 0.05) is 81.9 Å². The van der Waals surface area contributed by atoms with Gasteiger partial charge in [-0.2, -0.15) is 4.68 Å². The summed E-state index contributed by atoms with van der Waals surface area (Å²) in [5.74, 6) is 3.49. The molecule has 0 spiro atoms. The number of para-hydroxylation sites is 2. The molecule has 0 bridgehead atoms. The molecular weight excluding hydrogens is 1060 g/mol. The van der Waals surface area contributed by atoms with E-state index in [2.05, 4.69) is 214 Å². The Morgan fingerprint density at radius 3 is 1.44 bits per heavy atom. The number of fused-ring (bicyclic) bond motifs is 3. The summed E-state index contributed by atoms with van der Waals surface area (Å²) in [6.07, 6.45) is 9.97. The predicted molar refractivity (Wildman–Crippen MR) is 371 cm³/mol. The molecule has 0 saturated carbocycles. The second kappa shape index (κ2) is 44.3. The van der Waals surface area contributed by atoms with Crippen LogP contribution in [0.5, 0.6) is 0 Å². The van der Waals surface area contributed by atoms with Gasteiger partial charge in [-0.05, 0) is 44.9 Å². The van der Waals surface area contributed by atoms with Crippen LogP contribution in [0.1, 0.15) is 178 Å². The molecule has 3 aromatic heterocycles. The van der Waals surface area contributed by atoms with Crippen molar-refractivity contribution in [3.05, 3.63) is 125 Å². The average molecular weight is 1190 g/mol. The zero-order chi connectivity index (χ0) is 67.2. The lowest BCUT2D eigenvalue weighted by Gasteiger charge is -2.01. The van der Waals surface area contributed by atoms with Gasteiger partial charge in [0.2, 0.25) is 22.6 Å². The molecule has 0 saturated heterocycles. The number of benzene rings is 3. The van der Waals surface area contributed by atoms with E-state index in [1.54, 1.807) is 4.68 Å². The smallest absolute Gasteiger partial charge is 0.237 e. The summed E-state index contributed by atoms with van der Waals surface area (Å²) in [5, 5.41) is 17.4. The molecule has 0 atom stereocenters. The van der Waals surface area contributed by atoms with Crippen LogP contribution in [0.3, 0.4) is 0 Å². The number of aliphatic imine (C=N–C) groups is 1. The second-order valence-electron chi connectivity index (χ2n) is 20.1. The molecule has 11 rings (SSSR count). The zero-order valence-corrected chi connectivity index (χ0v) is 61.2. The highest BCUT2D eigenvalue weighted by atomic mass is 15.5. The molecule has 0 radical (unpaired) electrons. The van der Waals surface area contributed by atoms with E-state index in [-0.39, 0.29) is 5.54 Å². The van der Waals surface area contributed by atoms with Crippen molar-refractivity contribution in [1.29, 1.82) is 0 Å². The third-order valence-corrected chi connectivity index (χ3v) is 14.8. The summed E-state index contributed by atoms with van der Waals surface area (Å²) in [6, 6.07) is 25.6. The first-order valence-electron chi connectivity index (χ1n) is 31.4. The Morgan fingerprint density at radius 2 is 1.12 bits per heavy atom. The molecule has 0 aliphatic carbocycles. The lowest BCUT2D eigenvalue weighted by molar-refractivity contribution is -0.728. The number of rotatable bonds is 0. The zero-order valence-electron chi connectivity index (χ0n) is 61.2. The number of hydrogen-bond acceptors (Lipinski definition) is 5. The van der Waals surface area contributed by atoms with Gasteiger partial charge in [0.25, 0.3) is 18.0 Å². The van der Waals surface area contributed by atoms with Crippen LogP contribution in [0, 0.1) is 27.7 Å². The van der Waals surface area contributed by atoms with Crippen LogP contribution in [0.2, 0.25) is 0 Å². The number of imidazole rings is 1. The van der Waals surface area contributed by atoms with Crippen LogP contribution in [0.25, 0.3) is 10.9 Å². The predicted octanol–water partition coefficient (Wildman–Crippen LogP) is 13.0. The fourth-order valence-corrected chi connectivity index (χ4v) is 8.02. The number of aromatic nitrogens is 7. The average Bonchev–Trinajstić information content (AvgIpc) is 3.25. The van der Waals surface area contributed by atoms with E-state index in [0.717, 1.165) is 31.8 Å². The third-order valence-electron chi connectivity index (χ3n) is 14.8. The van der Waals surface area contributed by atoms with Crippen molar-refractivity contribution in [1.82, 2.24) is 19.0 Å². The molecule has 86 heavy (non-hydrogen) atoms. The van der Waals surface area contributed by atoms with Crippen LogP contribution in [0.15, 0.2) is 106 Å². The quantitative estimate of drug-likeness (QED) is 0.139. The molecule has 0 amide bonds. The van der Waals surface area contributed by atoms with E-state index < -0.39 is 0 Å². The molecule has 8 heterocycles. The van der Waals surface area contributed by atoms with E-state index in [0.29, 0.717) is 0 Å². The van der Waals surface area contributed by atoms with Gasteiger partial charge in [-0.1, -0.05) is 141 Å². The number of hydrogen-bond donors (Lipinski definition) is 0. The molecule has 3 aromatic carbocycles. The Morgan fingerprint density at radius 1 is 0.581 bits per heavy atom. The first-order valence-corrected chi connectivity index (χ1v) is 31.4. The fourth-order valence-electron chi connectivity index (χ4n) is 8.02. The Kier molecular flexibility index (Phi) is 42.7. The Hall–Kier alpha value is -7.23. The van der Waals surface area contributed by atoms with Crippen molar-refractivity contribution in [2.45, 2.75) is 184 Å². The Balaban J connectivity index is -0.000000897. The maximum absolute atomic E-state index is 4.19. The maximum atomic E-state index is 4.19. The summed E-state index contributed by atoms with van der Waals surface area (Å²) in [5.41, 5.74) is 14.9. The summed E-state index contributed by atoms with van der Waals surface area (Å²) in [7, 11) is 22.3. The van der Waals surface area contributed by atoms with Gasteiger partial charge < -0.3 is 0 Å². The molecule has 6 aromatic rings. The number of aryl methyl sites for hydroxylation is 6. The van der Waals surface area contributed by atoms with Crippen molar-refractivity contribution in [2.75, 3.05) is 41.8 Å². The topological polar surface area (TPSA) is 104 Å². The second-order valence-corrected chi connectivity index (χ2v) is 20.1. The lowest BCUT2D eigenvalue weighted by atomic mass is 10.0. The van der Waals surface area contributed by atoms with Crippen LogP contribution < -0.4 is 13.8 Å². The van der Waals surface area contributed by atoms with E-state index >= 15 is 0 Å². The van der Waals surface area contributed by atoms with Gasteiger partial charge in [0.1, 0.15) is 44.5 Å². The molecule has 5 aliphatic rings. The van der Waals surface area contributed by atoms with Crippen molar-refractivity contribution < 1.29 is 36.9 Å². The minimum absolute atomic E-state index is 0.0747. The van der Waals surface area contributed by atoms with E-state index in [1.165, 1.54) is 79.2 Å². The molecule has 0 fully saturated rings. The normalized spacial score (nSPS) is 13.5.